The molecule has 0 atom stereocenters. The van der Waals surface area contributed by atoms with Crippen molar-refractivity contribution in [1.29, 1.82) is 0 Å². The van der Waals surface area contributed by atoms with Crippen molar-refractivity contribution in [2.75, 3.05) is 20.2 Å². The third-order valence-electron chi connectivity index (χ3n) is 3.11. The smallest absolute Gasteiger partial charge is 0.387 e. The predicted octanol–water partition coefficient (Wildman–Crippen LogP) is 1.48. The monoisotopic (exact) mass is 358 g/mol. The van der Waals surface area contributed by atoms with Crippen LogP contribution in [-0.2, 0) is 14.3 Å². The molecule has 0 spiro atoms. The molecule has 25 heavy (non-hydrogen) atoms. The fourth-order valence-electron chi connectivity index (χ4n) is 1.90. The number of carbonyl (C=O) groups is 3. The highest BCUT2D eigenvalue weighted by molar-refractivity contribution is 5.98. The van der Waals surface area contributed by atoms with Gasteiger partial charge >= 0.3 is 12.6 Å². The van der Waals surface area contributed by atoms with Crippen molar-refractivity contribution in [3.8, 4) is 5.75 Å². The summed E-state index contributed by atoms with van der Waals surface area (Å²) in [6.45, 7) is -3.02. The van der Waals surface area contributed by atoms with Crippen LogP contribution in [0.5, 0.6) is 5.75 Å². The first-order valence-corrected chi connectivity index (χ1v) is 7.59. The van der Waals surface area contributed by atoms with Crippen molar-refractivity contribution in [3.63, 3.8) is 0 Å². The second kappa shape index (κ2) is 11.0. The Morgan fingerprint density at radius 3 is 2.52 bits per heavy atom. The lowest BCUT2D eigenvalue weighted by Crippen LogP contribution is -2.37. The van der Waals surface area contributed by atoms with E-state index in [2.05, 4.69) is 20.1 Å². The molecule has 0 saturated carbocycles. The van der Waals surface area contributed by atoms with E-state index in [0.717, 1.165) is 0 Å². The molecule has 0 fully saturated rings. The van der Waals surface area contributed by atoms with Gasteiger partial charge in [-0.3, -0.25) is 14.4 Å². The zero-order valence-corrected chi connectivity index (χ0v) is 13.7. The molecule has 0 radical (unpaired) electrons. The number of esters is 1. The molecule has 0 heterocycles. The number of carbonyl (C=O) groups excluding carboxylic acids is 3. The Bertz CT molecular complexity index is 596. The first kappa shape index (κ1) is 20.3. The summed E-state index contributed by atoms with van der Waals surface area (Å²) < 4.78 is 33.4. The minimum Gasteiger partial charge on any atom is -0.469 e. The van der Waals surface area contributed by atoms with E-state index in [-0.39, 0.29) is 30.2 Å². The van der Waals surface area contributed by atoms with E-state index in [1.807, 2.05) is 0 Å². The Morgan fingerprint density at radius 2 is 1.84 bits per heavy atom. The maximum absolute atomic E-state index is 12.3. The van der Waals surface area contributed by atoms with E-state index >= 15 is 0 Å². The summed E-state index contributed by atoms with van der Waals surface area (Å²) in [5.74, 6) is -1.71. The first-order chi connectivity index (χ1) is 11.9. The molecule has 2 amide bonds. The lowest BCUT2D eigenvalue weighted by molar-refractivity contribution is -0.140. The van der Waals surface area contributed by atoms with E-state index in [1.165, 1.54) is 31.4 Å². The summed E-state index contributed by atoms with van der Waals surface area (Å²) in [6, 6.07) is 5.50. The third kappa shape index (κ3) is 8.09. The van der Waals surface area contributed by atoms with Gasteiger partial charge in [0.05, 0.1) is 19.2 Å². The Hall–Kier alpha value is -2.71. The van der Waals surface area contributed by atoms with Gasteiger partial charge in [-0.1, -0.05) is 12.1 Å². The number of para-hydroxylation sites is 1. The van der Waals surface area contributed by atoms with Crippen molar-refractivity contribution in [2.45, 2.75) is 25.9 Å². The van der Waals surface area contributed by atoms with Gasteiger partial charge in [-0.05, 0) is 25.0 Å². The highest BCUT2D eigenvalue weighted by atomic mass is 19.3. The first-order valence-electron chi connectivity index (χ1n) is 7.59. The van der Waals surface area contributed by atoms with Crippen LogP contribution in [0.25, 0.3) is 0 Å². The molecule has 0 aliphatic carbocycles. The molecule has 0 bridgehead atoms. The molecular formula is C16H20F2N2O5. The molecule has 9 heteroatoms. The summed E-state index contributed by atoms with van der Waals surface area (Å²) in [6.07, 6.45) is 1.42. The van der Waals surface area contributed by atoms with Gasteiger partial charge in [-0.25, -0.2) is 0 Å². The highest BCUT2D eigenvalue weighted by Gasteiger charge is 2.15. The minimum atomic E-state index is -3.05. The molecule has 0 aromatic heterocycles. The zero-order valence-electron chi connectivity index (χ0n) is 13.7. The second-order valence-corrected chi connectivity index (χ2v) is 4.94. The van der Waals surface area contributed by atoms with Crippen LogP contribution in [-0.4, -0.2) is 44.6 Å². The summed E-state index contributed by atoms with van der Waals surface area (Å²) in [5, 5.41) is 4.90. The van der Waals surface area contributed by atoms with E-state index in [1.54, 1.807) is 0 Å². The number of halogens is 2. The van der Waals surface area contributed by atoms with Crippen LogP contribution in [0.3, 0.4) is 0 Å². The Kier molecular flexibility index (Phi) is 8.91. The fourth-order valence-corrected chi connectivity index (χ4v) is 1.90. The number of unbranched alkanes of at least 4 members (excludes halogenated alkanes) is 1. The van der Waals surface area contributed by atoms with Gasteiger partial charge in [-0.15, -0.1) is 0 Å². The minimum absolute atomic E-state index is 0.0892. The van der Waals surface area contributed by atoms with Crippen molar-refractivity contribution in [2.24, 2.45) is 0 Å². The van der Waals surface area contributed by atoms with Gasteiger partial charge < -0.3 is 20.1 Å². The third-order valence-corrected chi connectivity index (χ3v) is 3.11. The molecule has 2 N–H and O–H groups in total. The van der Waals surface area contributed by atoms with E-state index in [9.17, 15) is 23.2 Å². The van der Waals surface area contributed by atoms with Crippen LogP contribution in [0.4, 0.5) is 8.78 Å². The molecule has 0 unspecified atom stereocenters. The van der Waals surface area contributed by atoms with Gasteiger partial charge in [0.15, 0.2) is 0 Å². The average Bonchev–Trinajstić information content (AvgIpc) is 2.59. The fraction of sp³-hybridized carbons (Fsp3) is 0.438. The lowest BCUT2D eigenvalue weighted by Gasteiger charge is -2.11. The number of ether oxygens (including phenoxy) is 2. The van der Waals surface area contributed by atoms with Crippen LogP contribution in [0.15, 0.2) is 24.3 Å². The molecule has 0 aliphatic heterocycles. The standard InChI is InChI=1S/C16H20F2N2O5/c1-24-14(22)8-4-5-9-19-13(21)10-20-15(23)11-6-2-3-7-12(11)25-16(17)18/h2-3,6-7,16H,4-5,8-10H2,1H3,(H,19,21)(H,20,23). The van der Waals surface area contributed by atoms with Gasteiger partial charge in [-0.2, -0.15) is 8.78 Å². The summed E-state index contributed by atoms with van der Waals surface area (Å²) in [4.78, 5) is 34.5. The number of hydrogen-bond acceptors (Lipinski definition) is 5. The molecule has 138 valence electrons. The van der Waals surface area contributed by atoms with Gasteiger partial charge in [0.1, 0.15) is 5.75 Å². The van der Waals surface area contributed by atoms with Crippen molar-refractivity contribution in [1.82, 2.24) is 10.6 Å². The molecule has 1 rings (SSSR count). The normalized spacial score (nSPS) is 10.2. The predicted molar refractivity (Wildman–Crippen MR) is 84.3 cm³/mol. The number of methoxy groups -OCH3 is 1. The molecule has 1 aromatic carbocycles. The van der Waals surface area contributed by atoms with Gasteiger partial charge in [0.2, 0.25) is 5.91 Å². The Morgan fingerprint density at radius 1 is 1.12 bits per heavy atom. The van der Waals surface area contributed by atoms with Crippen molar-refractivity contribution in [3.05, 3.63) is 29.8 Å². The SMILES string of the molecule is COC(=O)CCCCNC(=O)CNC(=O)c1ccccc1OC(F)F. The Balaban J connectivity index is 2.34. The number of amides is 2. The van der Waals surface area contributed by atoms with E-state index in [0.29, 0.717) is 19.4 Å². The Labute approximate surface area is 143 Å². The summed E-state index contributed by atoms with van der Waals surface area (Å²) >= 11 is 0. The number of rotatable bonds is 10. The topological polar surface area (TPSA) is 93.7 Å². The lowest BCUT2D eigenvalue weighted by atomic mass is 10.2. The van der Waals surface area contributed by atoms with Gasteiger partial charge in [0, 0.05) is 13.0 Å². The highest BCUT2D eigenvalue weighted by Crippen LogP contribution is 2.19. The molecule has 7 nitrogen and oxygen atoms in total. The van der Waals surface area contributed by atoms with Crippen LogP contribution in [0.1, 0.15) is 29.6 Å². The number of benzene rings is 1. The summed E-state index contributed by atoms with van der Waals surface area (Å²) in [5.41, 5.74) is -0.0892. The van der Waals surface area contributed by atoms with E-state index in [4.69, 9.17) is 0 Å². The van der Waals surface area contributed by atoms with E-state index < -0.39 is 18.4 Å². The van der Waals surface area contributed by atoms with Crippen LogP contribution < -0.4 is 15.4 Å². The second-order valence-electron chi connectivity index (χ2n) is 4.94. The maximum atomic E-state index is 12.3. The van der Waals surface area contributed by atoms with Crippen molar-refractivity contribution >= 4 is 17.8 Å². The zero-order chi connectivity index (χ0) is 18.7. The largest absolute Gasteiger partial charge is 0.469 e. The number of hydrogen-bond donors (Lipinski definition) is 2. The average molecular weight is 358 g/mol. The van der Waals surface area contributed by atoms with Crippen LogP contribution in [0, 0.1) is 0 Å². The van der Waals surface area contributed by atoms with Gasteiger partial charge in [0.25, 0.3) is 5.91 Å². The van der Waals surface area contributed by atoms with Crippen LogP contribution >= 0.6 is 0 Å². The maximum Gasteiger partial charge on any atom is 0.387 e. The number of nitrogens with one attached hydrogen (secondary N) is 2. The molecule has 0 saturated heterocycles. The number of alkyl halides is 2. The quantitative estimate of drug-likeness (QED) is 0.488. The van der Waals surface area contributed by atoms with Crippen molar-refractivity contribution < 1.29 is 32.6 Å². The summed E-state index contributed by atoms with van der Waals surface area (Å²) in [7, 11) is 1.30. The van der Waals surface area contributed by atoms with Crippen LogP contribution in [0.2, 0.25) is 0 Å². The molecule has 1 aromatic rings. The molecular weight excluding hydrogens is 338 g/mol. The molecule has 0 aliphatic rings.